The van der Waals surface area contributed by atoms with Crippen LogP contribution in [0.15, 0.2) is 0 Å². The van der Waals surface area contributed by atoms with Crippen molar-refractivity contribution in [2.75, 3.05) is 13.7 Å². The fourth-order valence-electron chi connectivity index (χ4n) is 0.481. The van der Waals surface area contributed by atoms with Crippen LogP contribution in [-0.2, 0) is 4.74 Å². The predicted molar refractivity (Wildman–Crippen MR) is 25.1 cm³/mol. The SMILES string of the molecule is CN1C(=O)OC[C@H]1O. The van der Waals surface area contributed by atoms with Gasteiger partial charge in [0.25, 0.3) is 0 Å². The first kappa shape index (κ1) is 5.37. The number of amides is 1. The minimum Gasteiger partial charge on any atom is -0.445 e. The molecule has 1 aliphatic rings. The van der Waals surface area contributed by atoms with Crippen LogP contribution in [0.2, 0.25) is 0 Å². The van der Waals surface area contributed by atoms with Gasteiger partial charge in [-0.1, -0.05) is 0 Å². The molecule has 1 saturated heterocycles. The van der Waals surface area contributed by atoms with E-state index in [-0.39, 0.29) is 6.61 Å². The van der Waals surface area contributed by atoms with Crippen molar-refractivity contribution in [3.63, 3.8) is 0 Å². The van der Waals surface area contributed by atoms with Crippen LogP contribution >= 0.6 is 0 Å². The smallest absolute Gasteiger partial charge is 0.411 e. The first-order chi connectivity index (χ1) is 3.72. The lowest BCUT2D eigenvalue weighted by Crippen LogP contribution is -2.28. The van der Waals surface area contributed by atoms with Crippen LogP contribution in [-0.4, -0.2) is 36.0 Å². The largest absolute Gasteiger partial charge is 0.445 e. The van der Waals surface area contributed by atoms with Crippen molar-refractivity contribution in [1.29, 1.82) is 0 Å². The van der Waals surface area contributed by atoms with E-state index in [0.717, 1.165) is 4.90 Å². The lowest BCUT2D eigenvalue weighted by molar-refractivity contribution is 0.0740. The van der Waals surface area contributed by atoms with Gasteiger partial charge >= 0.3 is 6.09 Å². The molecule has 46 valence electrons. The zero-order valence-corrected chi connectivity index (χ0v) is 4.50. The Kier molecular flexibility index (Phi) is 1.09. The molecule has 0 aromatic carbocycles. The molecule has 0 aromatic rings. The number of hydrogen-bond donors (Lipinski definition) is 1. The summed E-state index contributed by atoms with van der Waals surface area (Å²) in [6.45, 7) is 0.0926. The molecule has 1 atom stereocenters. The monoisotopic (exact) mass is 117 g/mol. The van der Waals surface area contributed by atoms with Crippen LogP contribution in [0.3, 0.4) is 0 Å². The summed E-state index contributed by atoms with van der Waals surface area (Å²) in [5, 5.41) is 8.75. The Hall–Kier alpha value is -0.770. The summed E-state index contributed by atoms with van der Waals surface area (Å²) >= 11 is 0. The van der Waals surface area contributed by atoms with E-state index in [9.17, 15) is 4.79 Å². The molecule has 8 heavy (non-hydrogen) atoms. The molecular formula is C4H7NO3. The Morgan fingerprint density at radius 1 is 2.00 bits per heavy atom. The Morgan fingerprint density at radius 2 is 2.62 bits per heavy atom. The van der Waals surface area contributed by atoms with Crippen molar-refractivity contribution in [3.05, 3.63) is 0 Å². The molecule has 4 nitrogen and oxygen atoms in total. The summed E-state index contributed by atoms with van der Waals surface area (Å²) in [5.74, 6) is 0. The normalized spacial score (nSPS) is 28.5. The third-order valence-electron chi connectivity index (χ3n) is 1.09. The number of nitrogens with zero attached hydrogens (tertiary/aromatic N) is 1. The van der Waals surface area contributed by atoms with E-state index in [4.69, 9.17) is 5.11 Å². The zero-order chi connectivity index (χ0) is 6.15. The fraction of sp³-hybridized carbons (Fsp3) is 0.750. The Balaban J connectivity index is 2.56. The van der Waals surface area contributed by atoms with E-state index in [0.29, 0.717) is 0 Å². The van der Waals surface area contributed by atoms with Gasteiger partial charge in [0.15, 0.2) is 6.23 Å². The highest BCUT2D eigenvalue weighted by molar-refractivity contribution is 5.69. The lowest BCUT2D eigenvalue weighted by atomic mass is 10.6. The maximum absolute atomic E-state index is 10.3. The summed E-state index contributed by atoms with van der Waals surface area (Å²) < 4.78 is 4.41. The van der Waals surface area contributed by atoms with Crippen LogP contribution in [0.1, 0.15) is 0 Å². The average molecular weight is 117 g/mol. The van der Waals surface area contributed by atoms with Crippen LogP contribution in [0, 0.1) is 0 Å². The number of ether oxygens (including phenoxy) is 1. The van der Waals surface area contributed by atoms with Crippen molar-refractivity contribution in [2.24, 2.45) is 0 Å². The Labute approximate surface area is 46.7 Å². The van der Waals surface area contributed by atoms with Crippen LogP contribution in [0.25, 0.3) is 0 Å². The number of aliphatic hydroxyl groups is 1. The van der Waals surface area contributed by atoms with Gasteiger partial charge in [0.05, 0.1) is 0 Å². The topological polar surface area (TPSA) is 49.8 Å². The highest BCUT2D eigenvalue weighted by Gasteiger charge is 2.26. The van der Waals surface area contributed by atoms with Gasteiger partial charge in [-0.3, -0.25) is 4.90 Å². The summed E-state index contributed by atoms with van der Waals surface area (Å²) in [6.07, 6.45) is -1.21. The maximum atomic E-state index is 10.3. The van der Waals surface area contributed by atoms with Gasteiger partial charge < -0.3 is 9.84 Å². The first-order valence-corrected chi connectivity index (χ1v) is 2.29. The number of likely N-dealkylation sites (N-methyl/N-ethyl adjacent to an activating group) is 1. The molecule has 0 spiro atoms. The van der Waals surface area contributed by atoms with Crippen LogP contribution in [0.4, 0.5) is 4.79 Å². The molecule has 1 amide bonds. The molecule has 1 fully saturated rings. The molecule has 1 heterocycles. The van der Waals surface area contributed by atoms with E-state index < -0.39 is 12.3 Å². The zero-order valence-electron chi connectivity index (χ0n) is 4.50. The average Bonchev–Trinajstić information content (AvgIpc) is 1.98. The van der Waals surface area contributed by atoms with E-state index in [1.807, 2.05) is 0 Å². The quantitative estimate of drug-likeness (QED) is 0.460. The Bertz CT molecular complexity index is 114. The fourth-order valence-corrected chi connectivity index (χ4v) is 0.481. The number of rotatable bonds is 0. The van der Waals surface area contributed by atoms with Crippen molar-refractivity contribution >= 4 is 6.09 Å². The minimum absolute atomic E-state index is 0.0926. The standard InChI is InChI=1S/C4H7NO3/c1-5-3(6)2-8-4(5)7/h3,6H,2H2,1H3/t3-/m1/s1. The van der Waals surface area contributed by atoms with Gasteiger partial charge in [-0.05, 0) is 0 Å². The van der Waals surface area contributed by atoms with Crippen LogP contribution < -0.4 is 0 Å². The van der Waals surface area contributed by atoms with Crippen molar-refractivity contribution in [1.82, 2.24) is 4.90 Å². The summed E-state index contributed by atoms with van der Waals surface area (Å²) in [5.41, 5.74) is 0. The number of hydrogen-bond acceptors (Lipinski definition) is 3. The highest BCUT2D eigenvalue weighted by Crippen LogP contribution is 2.04. The molecule has 1 N–H and O–H groups in total. The van der Waals surface area contributed by atoms with Crippen molar-refractivity contribution in [3.8, 4) is 0 Å². The molecule has 0 unspecified atom stereocenters. The molecule has 0 bridgehead atoms. The number of carbonyl (C=O) groups is 1. The van der Waals surface area contributed by atoms with Gasteiger partial charge in [-0.2, -0.15) is 0 Å². The third-order valence-corrected chi connectivity index (χ3v) is 1.09. The van der Waals surface area contributed by atoms with E-state index in [1.165, 1.54) is 7.05 Å². The van der Waals surface area contributed by atoms with Crippen molar-refractivity contribution < 1.29 is 14.6 Å². The van der Waals surface area contributed by atoms with Crippen LogP contribution in [0.5, 0.6) is 0 Å². The molecular weight excluding hydrogens is 110 g/mol. The molecule has 0 aromatic heterocycles. The van der Waals surface area contributed by atoms with E-state index >= 15 is 0 Å². The molecule has 0 saturated carbocycles. The molecule has 1 rings (SSSR count). The predicted octanol–water partition coefficient (Wildman–Crippen LogP) is -0.613. The molecule has 0 radical (unpaired) electrons. The number of cyclic esters (lactones) is 1. The second-order valence-corrected chi connectivity index (χ2v) is 1.67. The maximum Gasteiger partial charge on any atom is 0.411 e. The van der Waals surface area contributed by atoms with Crippen molar-refractivity contribution in [2.45, 2.75) is 6.23 Å². The summed E-state index contributed by atoms with van der Waals surface area (Å²) in [4.78, 5) is 11.5. The summed E-state index contributed by atoms with van der Waals surface area (Å²) in [7, 11) is 1.49. The number of aliphatic hydroxyl groups excluding tert-OH is 1. The number of carbonyl (C=O) groups excluding carboxylic acids is 1. The third kappa shape index (κ3) is 0.626. The van der Waals surface area contributed by atoms with Gasteiger partial charge in [0, 0.05) is 7.05 Å². The lowest BCUT2D eigenvalue weighted by Gasteiger charge is -2.07. The highest BCUT2D eigenvalue weighted by atomic mass is 16.6. The van der Waals surface area contributed by atoms with Gasteiger partial charge in [-0.15, -0.1) is 0 Å². The first-order valence-electron chi connectivity index (χ1n) is 2.29. The second-order valence-electron chi connectivity index (χ2n) is 1.67. The van der Waals surface area contributed by atoms with Gasteiger partial charge in [0.1, 0.15) is 6.61 Å². The second kappa shape index (κ2) is 1.63. The molecule has 0 aliphatic carbocycles. The molecule has 4 heteroatoms. The van der Waals surface area contributed by atoms with E-state index in [2.05, 4.69) is 4.74 Å². The summed E-state index contributed by atoms with van der Waals surface area (Å²) in [6, 6.07) is 0. The minimum atomic E-state index is -0.748. The van der Waals surface area contributed by atoms with Gasteiger partial charge in [-0.25, -0.2) is 4.79 Å². The van der Waals surface area contributed by atoms with E-state index in [1.54, 1.807) is 0 Å². The molecule has 1 aliphatic heterocycles. The Morgan fingerprint density at radius 3 is 2.75 bits per heavy atom. The van der Waals surface area contributed by atoms with Gasteiger partial charge in [0.2, 0.25) is 0 Å².